The molecule has 7 heteroatoms. The molecule has 1 aliphatic rings. The number of nitrogens with one attached hydrogen (secondary N) is 2. The zero-order chi connectivity index (χ0) is 13.8. The van der Waals surface area contributed by atoms with E-state index in [1.165, 1.54) is 0 Å². The van der Waals surface area contributed by atoms with Crippen molar-refractivity contribution in [1.29, 1.82) is 0 Å². The molecule has 1 heterocycles. The van der Waals surface area contributed by atoms with Crippen molar-refractivity contribution in [3.8, 4) is 0 Å². The van der Waals surface area contributed by atoms with Crippen molar-refractivity contribution in [2.45, 2.75) is 6.42 Å². The van der Waals surface area contributed by atoms with Gasteiger partial charge >= 0.3 is 6.03 Å². The van der Waals surface area contributed by atoms with Crippen molar-refractivity contribution < 1.29 is 9.59 Å². The molecule has 0 aromatic heterocycles. The second kappa shape index (κ2) is 6.12. The number of nitrogens with zero attached hydrogens (tertiary/aromatic N) is 1. The number of hydrogen-bond donors (Lipinski definition) is 2. The van der Waals surface area contributed by atoms with E-state index in [1.807, 2.05) is 0 Å². The summed E-state index contributed by atoms with van der Waals surface area (Å²) >= 11 is 11.7. The van der Waals surface area contributed by atoms with E-state index in [0.717, 1.165) is 0 Å². The molecule has 3 amide bonds. The minimum Gasteiger partial charge on any atom is -0.354 e. The minimum atomic E-state index is -0.255. The van der Waals surface area contributed by atoms with Gasteiger partial charge in [-0.05, 0) is 18.2 Å². The molecule has 1 saturated heterocycles. The molecule has 0 spiro atoms. The van der Waals surface area contributed by atoms with E-state index in [4.69, 9.17) is 23.2 Å². The van der Waals surface area contributed by atoms with Crippen molar-refractivity contribution in [3.05, 3.63) is 28.2 Å². The van der Waals surface area contributed by atoms with Crippen LogP contribution in [-0.4, -0.2) is 36.5 Å². The van der Waals surface area contributed by atoms with Crippen molar-refractivity contribution in [3.63, 3.8) is 0 Å². The summed E-state index contributed by atoms with van der Waals surface area (Å²) in [6, 6.07) is 4.62. The van der Waals surface area contributed by atoms with Gasteiger partial charge in [-0.25, -0.2) is 4.79 Å². The molecule has 1 aromatic carbocycles. The van der Waals surface area contributed by atoms with Gasteiger partial charge < -0.3 is 15.5 Å². The molecule has 0 saturated carbocycles. The largest absolute Gasteiger partial charge is 0.354 e. The Morgan fingerprint density at radius 2 is 2.05 bits per heavy atom. The molecule has 2 rings (SSSR count). The number of rotatable bonds is 1. The molecule has 5 nitrogen and oxygen atoms in total. The first-order chi connectivity index (χ1) is 9.06. The third kappa shape index (κ3) is 3.75. The smallest absolute Gasteiger partial charge is 0.321 e. The molecule has 19 heavy (non-hydrogen) atoms. The maximum Gasteiger partial charge on any atom is 0.321 e. The molecular formula is C12H13Cl2N3O2. The molecule has 0 bridgehead atoms. The van der Waals surface area contributed by atoms with Crippen LogP contribution in [0.25, 0.3) is 0 Å². The molecule has 2 N–H and O–H groups in total. The molecule has 1 aromatic rings. The SMILES string of the molecule is O=C1CCN(C(=O)Nc2ccc(Cl)c(Cl)c2)CCN1. The predicted octanol–water partition coefficient (Wildman–Crippen LogP) is 2.35. The fourth-order valence-corrected chi connectivity index (χ4v) is 2.04. The van der Waals surface area contributed by atoms with Gasteiger partial charge in [0.2, 0.25) is 5.91 Å². The third-order valence-electron chi connectivity index (χ3n) is 2.77. The van der Waals surface area contributed by atoms with Gasteiger partial charge in [0.25, 0.3) is 0 Å². The normalized spacial score (nSPS) is 15.7. The Kier molecular flexibility index (Phi) is 4.50. The summed E-state index contributed by atoms with van der Waals surface area (Å²) in [5, 5.41) is 6.25. The van der Waals surface area contributed by atoms with Crippen molar-refractivity contribution >= 4 is 40.8 Å². The number of carbonyl (C=O) groups is 2. The Labute approximate surface area is 120 Å². The average Bonchev–Trinajstić information content (AvgIpc) is 2.59. The summed E-state index contributed by atoms with van der Waals surface area (Å²) in [6.45, 7) is 1.35. The van der Waals surface area contributed by atoms with Gasteiger partial charge in [0.05, 0.1) is 10.0 Å². The Morgan fingerprint density at radius 1 is 1.26 bits per heavy atom. The molecule has 0 atom stereocenters. The Morgan fingerprint density at radius 3 is 2.79 bits per heavy atom. The molecule has 1 aliphatic heterocycles. The van der Waals surface area contributed by atoms with Crippen LogP contribution in [-0.2, 0) is 4.79 Å². The zero-order valence-electron chi connectivity index (χ0n) is 10.1. The van der Waals surface area contributed by atoms with Gasteiger partial charge in [0.1, 0.15) is 0 Å². The van der Waals surface area contributed by atoms with Crippen LogP contribution in [0, 0.1) is 0 Å². The number of anilines is 1. The van der Waals surface area contributed by atoms with E-state index in [0.29, 0.717) is 41.8 Å². The van der Waals surface area contributed by atoms with Gasteiger partial charge in [0.15, 0.2) is 0 Å². The van der Waals surface area contributed by atoms with Crippen LogP contribution in [0.3, 0.4) is 0 Å². The quantitative estimate of drug-likeness (QED) is 0.836. The lowest BCUT2D eigenvalue weighted by Crippen LogP contribution is -2.37. The van der Waals surface area contributed by atoms with E-state index in [2.05, 4.69) is 10.6 Å². The second-order valence-electron chi connectivity index (χ2n) is 4.15. The number of urea groups is 1. The highest BCUT2D eigenvalue weighted by molar-refractivity contribution is 6.42. The van der Waals surface area contributed by atoms with Crippen molar-refractivity contribution in [2.24, 2.45) is 0 Å². The summed E-state index contributed by atoms with van der Waals surface area (Å²) in [6.07, 6.45) is 0.314. The molecule has 0 unspecified atom stereocenters. The number of amides is 3. The monoisotopic (exact) mass is 301 g/mol. The lowest BCUT2D eigenvalue weighted by atomic mass is 10.3. The number of benzene rings is 1. The molecule has 0 radical (unpaired) electrons. The number of halogens is 2. The summed E-state index contributed by atoms with van der Waals surface area (Å²) < 4.78 is 0. The van der Waals surface area contributed by atoms with Crippen LogP contribution < -0.4 is 10.6 Å². The first-order valence-corrected chi connectivity index (χ1v) is 6.59. The van der Waals surface area contributed by atoms with Crippen molar-refractivity contribution in [1.82, 2.24) is 10.2 Å². The summed E-state index contributed by atoms with van der Waals surface area (Å²) in [4.78, 5) is 24.8. The second-order valence-corrected chi connectivity index (χ2v) is 4.96. The zero-order valence-corrected chi connectivity index (χ0v) is 11.6. The Balaban J connectivity index is 1.99. The summed E-state index contributed by atoms with van der Waals surface area (Å²) in [7, 11) is 0. The highest BCUT2D eigenvalue weighted by Crippen LogP contribution is 2.25. The molecule has 0 aliphatic carbocycles. The van der Waals surface area contributed by atoms with Gasteiger partial charge in [-0.15, -0.1) is 0 Å². The first kappa shape index (κ1) is 14.0. The highest BCUT2D eigenvalue weighted by Gasteiger charge is 2.18. The van der Waals surface area contributed by atoms with Crippen LogP contribution >= 0.6 is 23.2 Å². The minimum absolute atomic E-state index is 0.0372. The van der Waals surface area contributed by atoms with Crippen LogP contribution in [0.5, 0.6) is 0 Å². The van der Waals surface area contributed by atoms with E-state index in [9.17, 15) is 9.59 Å². The maximum atomic E-state index is 12.0. The standard InChI is InChI=1S/C12H13Cl2N3O2/c13-9-2-1-8(7-10(9)14)16-12(19)17-5-3-11(18)15-4-6-17/h1-2,7H,3-6H2,(H,15,18)(H,16,19). The number of hydrogen-bond acceptors (Lipinski definition) is 2. The van der Waals surface area contributed by atoms with Crippen LogP contribution in [0.2, 0.25) is 10.0 Å². The number of carbonyl (C=O) groups excluding carboxylic acids is 2. The Bertz CT molecular complexity index is 508. The predicted molar refractivity (Wildman–Crippen MR) is 74.7 cm³/mol. The average molecular weight is 302 g/mol. The highest BCUT2D eigenvalue weighted by atomic mass is 35.5. The van der Waals surface area contributed by atoms with Gasteiger partial charge in [0, 0.05) is 31.7 Å². The van der Waals surface area contributed by atoms with Crippen LogP contribution in [0.4, 0.5) is 10.5 Å². The van der Waals surface area contributed by atoms with Gasteiger partial charge in [-0.3, -0.25) is 4.79 Å². The summed E-state index contributed by atoms with van der Waals surface area (Å²) in [5.41, 5.74) is 0.572. The maximum absolute atomic E-state index is 12.0. The van der Waals surface area contributed by atoms with Crippen molar-refractivity contribution in [2.75, 3.05) is 25.0 Å². The van der Waals surface area contributed by atoms with Gasteiger partial charge in [-0.2, -0.15) is 0 Å². The summed E-state index contributed by atoms with van der Waals surface area (Å²) in [5.74, 6) is -0.0372. The van der Waals surface area contributed by atoms with Gasteiger partial charge in [-0.1, -0.05) is 23.2 Å². The topological polar surface area (TPSA) is 61.4 Å². The third-order valence-corrected chi connectivity index (χ3v) is 3.51. The van der Waals surface area contributed by atoms with Crippen LogP contribution in [0.15, 0.2) is 18.2 Å². The molecular weight excluding hydrogens is 289 g/mol. The lowest BCUT2D eigenvalue weighted by molar-refractivity contribution is -0.120. The van der Waals surface area contributed by atoms with E-state index >= 15 is 0 Å². The fourth-order valence-electron chi connectivity index (χ4n) is 1.75. The van der Waals surface area contributed by atoms with E-state index in [1.54, 1.807) is 23.1 Å². The van der Waals surface area contributed by atoms with E-state index < -0.39 is 0 Å². The van der Waals surface area contributed by atoms with E-state index in [-0.39, 0.29) is 11.9 Å². The fraction of sp³-hybridized carbons (Fsp3) is 0.333. The molecule has 102 valence electrons. The molecule has 1 fully saturated rings. The lowest BCUT2D eigenvalue weighted by Gasteiger charge is -2.20. The Hall–Kier alpha value is -1.46. The van der Waals surface area contributed by atoms with Crippen LogP contribution in [0.1, 0.15) is 6.42 Å². The first-order valence-electron chi connectivity index (χ1n) is 5.84.